The van der Waals surface area contributed by atoms with Crippen molar-refractivity contribution >= 4 is 16.9 Å². The zero-order chi connectivity index (χ0) is 28.8. The second kappa shape index (κ2) is 18.0. The minimum atomic E-state index is -1.87. The van der Waals surface area contributed by atoms with Crippen molar-refractivity contribution < 1.29 is 60.6 Å². The van der Waals surface area contributed by atoms with Gasteiger partial charge in [0, 0.05) is 31.8 Å². The maximum absolute atomic E-state index is 11.5. The minimum absolute atomic E-state index is 0.000244. The Morgan fingerprint density at radius 1 is 0.842 bits per heavy atom. The van der Waals surface area contributed by atoms with Gasteiger partial charge in [-0.05, 0) is 17.7 Å². The summed E-state index contributed by atoms with van der Waals surface area (Å²) in [5.74, 6) is 0.949. The molecule has 0 bridgehead atoms. The molecule has 1 rings (SSSR count). The normalized spacial score (nSPS) is 18.3. The molecule has 38 heavy (non-hydrogen) atoms. The van der Waals surface area contributed by atoms with E-state index in [0.29, 0.717) is 17.9 Å². The lowest BCUT2D eigenvalue weighted by Gasteiger charge is -2.33. The Kier molecular flexibility index (Phi) is 16.4. The third-order valence-electron chi connectivity index (χ3n) is 5.80. The van der Waals surface area contributed by atoms with Gasteiger partial charge in [0.1, 0.15) is 49.0 Å². The maximum atomic E-state index is 11.5. The monoisotopic (exact) mass is 567 g/mol. The fraction of sp³-hybridized carbons (Fsp3) is 0.708. The number of aliphatic hydroxyl groups excluding tert-OH is 10. The molecule has 0 saturated carbocycles. The van der Waals surface area contributed by atoms with Gasteiger partial charge in [0.25, 0.3) is 0 Å². The zero-order valence-corrected chi connectivity index (χ0v) is 22.0. The van der Waals surface area contributed by atoms with Gasteiger partial charge in [-0.2, -0.15) is 0 Å². The number of nitrogens with zero attached hydrogens (tertiary/aromatic N) is 1. The maximum Gasteiger partial charge on any atom is 0.188 e. The molecule has 14 heteroatoms. The lowest BCUT2D eigenvalue weighted by molar-refractivity contribution is -0.130. The number of hydrogen-bond donors (Lipinski definition) is 10. The van der Waals surface area contributed by atoms with Gasteiger partial charge in [-0.15, -0.1) is 0 Å². The lowest BCUT2D eigenvalue weighted by Crippen LogP contribution is -2.53. The van der Waals surface area contributed by atoms with Gasteiger partial charge in [0.05, 0.1) is 25.4 Å². The average molecular weight is 568 g/mol. The van der Waals surface area contributed by atoms with Crippen molar-refractivity contribution in [1.29, 1.82) is 0 Å². The lowest BCUT2D eigenvalue weighted by atomic mass is 10.0. The molecular formula is C24H41NO12S. The summed E-state index contributed by atoms with van der Waals surface area (Å²) in [4.78, 5) is 12.9. The third-order valence-corrected chi connectivity index (χ3v) is 6.89. The fourth-order valence-corrected chi connectivity index (χ4v) is 4.12. The van der Waals surface area contributed by atoms with Crippen LogP contribution in [0.3, 0.4) is 0 Å². The van der Waals surface area contributed by atoms with E-state index in [2.05, 4.69) is 0 Å². The van der Waals surface area contributed by atoms with Crippen LogP contribution in [0, 0.1) is 0 Å². The number of thioether (sulfide) groups is 1. The third kappa shape index (κ3) is 11.8. The van der Waals surface area contributed by atoms with Crippen LogP contribution in [-0.4, -0.2) is 149 Å². The number of rotatable bonds is 19. The first-order chi connectivity index (χ1) is 17.9. The van der Waals surface area contributed by atoms with Crippen LogP contribution in [0.5, 0.6) is 5.75 Å². The Hall–Kier alpha value is -1.40. The van der Waals surface area contributed by atoms with E-state index in [9.17, 15) is 45.6 Å². The molecule has 0 fully saturated rings. The van der Waals surface area contributed by atoms with Gasteiger partial charge in [0.2, 0.25) is 0 Å². The topological polar surface area (TPSA) is 232 Å². The van der Waals surface area contributed by atoms with Gasteiger partial charge in [-0.3, -0.25) is 9.69 Å². The van der Waals surface area contributed by atoms with Gasteiger partial charge in [0.15, 0.2) is 5.12 Å². The molecule has 0 aliphatic carbocycles. The van der Waals surface area contributed by atoms with Gasteiger partial charge < -0.3 is 55.8 Å². The predicted molar refractivity (Wildman–Crippen MR) is 137 cm³/mol. The summed E-state index contributed by atoms with van der Waals surface area (Å²) < 4.78 is 5.73. The molecule has 1 aromatic carbocycles. The van der Waals surface area contributed by atoms with Gasteiger partial charge in [-0.1, -0.05) is 30.8 Å². The van der Waals surface area contributed by atoms with Crippen molar-refractivity contribution in [1.82, 2.24) is 4.90 Å². The molecule has 8 atom stereocenters. The van der Waals surface area contributed by atoms with Crippen LogP contribution in [-0.2, 0) is 10.5 Å². The quantitative estimate of drug-likeness (QED) is 0.0779. The van der Waals surface area contributed by atoms with Crippen molar-refractivity contribution in [2.24, 2.45) is 0 Å². The second-order valence-electron chi connectivity index (χ2n) is 8.87. The molecule has 0 aliphatic heterocycles. The van der Waals surface area contributed by atoms with E-state index in [1.54, 1.807) is 25.1 Å². The van der Waals surface area contributed by atoms with E-state index in [1.165, 1.54) is 16.7 Å². The Morgan fingerprint density at radius 3 is 1.82 bits per heavy atom. The highest BCUT2D eigenvalue weighted by atomic mass is 32.2. The second-order valence-corrected chi connectivity index (χ2v) is 9.90. The number of aliphatic hydroxyl groups is 10. The highest BCUT2D eigenvalue weighted by molar-refractivity contribution is 8.12. The SMILES string of the molecule is CCC(=O)SCc1cccc(OCCN(C[C@H](O)[C@@H](O)[C@H](O)[C@H](O)CO)C[C@H](O)[C@@H](O)[C@H](O)[C@H](O)CO)c1. The zero-order valence-electron chi connectivity index (χ0n) is 21.2. The van der Waals surface area contributed by atoms with Crippen LogP contribution in [0.1, 0.15) is 18.9 Å². The van der Waals surface area contributed by atoms with Gasteiger partial charge >= 0.3 is 0 Å². The Labute approximate surface area is 225 Å². The van der Waals surface area contributed by atoms with Crippen LogP contribution in [0.4, 0.5) is 0 Å². The molecule has 1 aromatic rings. The first-order valence-corrected chi connectivity index (χ1v) is 13.2. The van der Waals surface area contributed by atoms with Crippen LogP contribution < -0.4 is 4.74 Å². The summed E-state index contributed by atoms with van der Waals surface area (Å²) in [6.45, 7) is -0.712. The number of benzene rings is 1. The predicted octanol–water partition coefficient (Wildman–Crippen LogP) is -3.59. The molecule has 0 heterocycles. The summed E-state index contributed by atoms with van der Waals surface area (Å²) in [7, 11) is 0. The summed E-state index contributed by atoms with van der Waals surface area (Å²) in [5, 5.41) is 97.9. The molecule has 0 unspecified atom stereocenters. The highest BCUT2D eigenvalue weighted by Gasteiger charge is 2.34. The van der Waals surface area contributed by atoms with E-state index < -0.39 is 75.1 Å². The molecule has 0 radical (unpaired) electrons. The van der Waals surface area contributed by atoms with Crippen molar-refractivity contribution in [3.05, 3.63) is 29.8 Å². The molecule has 220 valence electrons. The number of ether oxygens (including phenoxy) is 1. The number of hydrogen-bond acceptors (Lipinski definition) is 14. The fourth-order valence-electron chi connectivity index (χ4n) is 3.41. The Balaban J connectivity index is 2.87. The van der Waals surface area contributed by atoms with E-state index in [0.717, 1.165) is 5.56 Å². The van der Waals surface area contributed by atoms with E-state index in [4.69, 9.17) is 14.9 Å². The summed E-state index contributed by atoms with van der Waals surface area (Å²) >= 11 is 1.18. The van der Waals surface area contributed by atoms with E-state index in [-0.39, 0.29) is 18.3 Å². The standard InChI is InChI=1S/C24H41NO12S/c1-2-20(32)38-13-14-4-3-5-15(8-14)37-7-6-25(9-16(28)21(33)23(35)18(30)11-26)10-17(29)22(34)24(36)19(31)12-27/h3-5,8,16-19,21-24,26-31,33-36H,2,6-7,9-13H2,1H3/t16-,17-,18+,19+,21+,22+,23+,24+/m0/s1. The van der Waals surface area contributed by atoms with Crippen molar-refractivity contribution in [3.63, 3.8) is 0 Å². The molecule has 0 aromatic heterocycles. The molecule has 13 nitrogen and oxygen atoms in total. The summed E-state index contributed by atoms with van der Waals surface area (Å²) in [6, 6.07) is 7.03. The van der Waals surface area contributed by atoms with Crippen molar-refractivity contribution in [2.45, 2.75) is 67.9 Å². The first kappa shape index (κ1) is 34.6. The minimum Gasteiger partial charge on any atom is -0.492 e. The first-order valence-electron chi connectivity index (χ1n) is 12.2. The smallest absolute Gasteiger partial charge is 0.188 e. The van der Waals surface area contributed by atoms with Crippen LogP contribution >= 0.6 is 11.8 Å². The van der Waals surface area contributed by atoms with Crippen LogP contribution in [0.25, 0.3) is 0 Å². The molecule has 0 spiro atoms. The highest BCUT2D eigenvalue weighted by Crippen LogP contribution is 2.19. The van der Waals surface area contributed by atoms with Gasteiger partial charge in [-0.25, -0.2) is 0 Å². The van der Waals surface area contributed by atoms with Crippen LogP contribution in [0.15, 0.2) is 24.3 Å². The molecule has 0 amide bonds. The van der Waals surface area contributed by atoms with Crippen molar-refractivity contribution in [3.8, 4) is 5.75 Å². The van der Waals surface area contributed by atoms with E-state index in [1.807, 2.05) is 6.07 Å². The summed E-state index contributed by atoms with van der Waals surface area (Å²) in [6.07, 6.45) is -13.8. The Bertz CT molecular complexity index is 775. The molecular weight excluding hydrogens is 526 g/mol. The molecule has 0 aliphatic rings. The summed E-state index contributed by atoms with van der Waals surface area (Å²) in [5.41, 5.74) is 0.858. The van der Waals surface area contributed by atoms with Crippen molar-refractivity contribution in [2.75, 3.05) is 39.5 Å². The number of carbonyl (C=O) groups is 1. The largest absolute Gasteiger partial charge is 0.492 e. The van der Waals surface area contributed by atoms with E-state index >= 15 is 0 Å². The average Bonchev–Trinajstić information content (AvgIpc) is 2.93. The number of carbonyl (C=O) groups excluding carboxylic acids is 1. The molecule has 10 N–H and O–H groups in total. The Morgan fingerprint density at radius 2 is 1.34 bits per heavy atom. The molecule has 0 saturated heterocycles. The van der Waals surface area contributed by atoms with Crippen LogP contribution in [0.2, 0.25) is 0 Å².